The molecule has 2 atom stereocenters. The van der Waals surface area contributed by atoms with E-state index in [2.05, 4.69) is 15.9 Å². The predicted octanol–water partition coefficient (Wildman–Crippen LogP) is 2.02. The fourth-order valence-electron chi connectivity index (χ4n) is 1.23. The molecule has 0 aliphatic carbocycles. The molecular weight excluding hydrogens is 330 g/mol. The van der Waals surface area contributed by atoms with Crippen molar-refractivity contribution in [1.82, 2.24) is 0 Å². The summed E-state index contributed by atoms with van der Waals surface area (Å²) in [4.78, 5) is 0. The molecular formula is C10H13BrClNO3S. The van der Waals surface area contributed by atoms with E-state index in [0.717, 1.165) is 0 Å². The molecule has 0 aliphatic heterocycles. The van der Waals surface area contributed by atoms with Crippen LogP contribution in [0.5, 0.6) is 0 Å². The summed E-state index contributed by atoms with van der Waals surface area (Å²) in [6, 6.07) is 6.20. The lowest BCUT2D eigenvalue weighted by atomic mass is 10.1. The van der Waals surface area contributed by atoms with Crippen LogP contribution in [0.2, 0.25) is 0 Å². The van der Waals surface area contributed by atoms with Crippen molar-refractivity contribution in [2.24, 2.45) is 0 Å². The first-order valence-electron chi connectivity index (χ1n) is 4.86. The zero-order valence-electron chi connectivity index (χ0n) is 9.10. The Balaban J connectivity index is 3.12. The van der Waals surface area contributed by atoms with Gasteiger partial charge in [0.1, 0.15) is 6.10 Å². The Kier molecular flexibility index (Phi) is 4.46. The second-order valence-electron chi connectivity index (χ2n) is 3.53. The van der Waals surface area contributed by atoms with Gasteiger partial charge in [0.15, 0.2) is 9.84 Å². The standard InChI is InChI=1S/C10H13BrClNO3S/c1-2-17(15,16)10(11,12)9(14)7-3-5-8(13)6-4-7/h3-6,9,14H,2,13H2,1H3. The van der Waals surface area contributed by atoms with Crippen LogP contribution >= 0.6 is 27.5 Å². The fourth-order valence-corrected chi connectivity index (χ4v) is 3.50. The van der Waals surface area contributed by atoms with Gasteiger partial charge in [0, 0.05) is 5.69 Å². The maximum absolute atomic E-state index is 11.7. The minimum Gasteiger partial charge on any atom is -0.399 e. The summed E-state index contributed by atoms with van der Waals surface area (Å²) in [5.41, 5.74) is 6.40. The Labute approximate surface area is 114 Å². The Hall–Kier alpha value is -0.300. The Morgan fingerprint density at radius 2 is 1.94 bits per heavy atom. The van der Waals surface area contributed by atoms with Crippen LogP contribution in [-0.2, 0) is 9.84 Å². The first-order chi connectivity index (χ1) is 7.72. The van der Waals surface area contributed by atoms with Crippen LogP contribution in [0, 0.1) is 0 Å². The molecule has 0 saturated heterocycles. The Morgan fingerprint density at radius 1 is 1.47 bits per heavy atom. The highest BCUT2D eigenvalue weighted by Crippen LogP contribution is 2.42. The third-order valence-electron chi connectivity index (χ3n) is 2.37. The topological polar surface area (TPSA) is 80.4 Å². The molecule has 0 aromatic heterocycles. The number of sulfone groups is 1. The summed E-state index contributed by atoms with van der Waals surface area (Å²) < 4.78 is 21.6. The smallest absolute Gasteiger partial charge is 0.229 e. The van der Waals surface area contributed by atoms with E-state index in [1.54, 1.807) is 12.1 Å². The zero-order valence-corrected chi connectivity index (χ0v) is 12.3. The molecule has 0 heterocycles. The number of nitrogens with two attached hydrogens (primary N) is 1. The summed E-state index contributed by atoms with van der Waals surface area (Å²) in [5, 5.41) is 10.0. The lowest BCUT2D eigenvalue weighted by Gasteiger charge is -2.25. The van der Waals surface area contributed by atoms with Crippen LogP contribution in [0.25, 0.3) is 0 Å². The normalized spacial score (nSPS) is 17.4. The van der Waals surface area contributed by atoms with E-state index in [9.17, 15) is 13.5 Å². The van der Waals surface area contributed by atoms with Gasteiger partial charge in [-0.1, -0.05) is 30.7 Å². The Morgan fingerprint density at radius 3 is 2.35 bits per heavy atom. The summed E-state index contributed by atoms with van der Waals surface area (Å²) in [7, 11) is -3.65. The van der Waals surface area contributed by atoms with Crippen LogP contribution in [0.3, 0.4) is 0 Å². The number of aliphatic hydroxyl groups excluding tert-OH is 1. The van der Waals surface area contributed by atoms with Gasteiger partial charge in [-0.05, 0) is 33.6 Å². The van der Waals surface area contributed by atoms with Crippen LogP contribution in [0.4, 0.5) is 5.69 Å². The Bertz CT molecular complexity index is 487. The quantitative estimate of drug-likeness (QED) is 0.648. The molecule has 1 aromatic rings. The summed E-state index contributed by atoms with van der Waals surface area (Å²) in [5.74, 6) is -0.173. The molecule has 0 amide bonds. The SMILES string of the molecule is CCS(=O)(=O)C(Cl)(Br)C(O)c1ccc(N)cc1. The van der Waals surface area contributed by atoms with Crippen molar-refractivity contribution < 1.29 is 13.5 Å². The number of rotatable bonds is 4. The van der Waals surface area contributed by atoms with E-state index < -0.39 is 19.1 Å². The van der Waals surface area contributed by atoms with Gasteiger partial charge in [-0.25, -0.2) is 8.42 Å². The van der Waals surface area contributed by atoms with Gasteiger partial charge >= 0.3 is 0 Å². The number of nitrogen functional groups attached to an aromatic ring is 1. The van der Waals surface area contributed by atoms with Gasteiger partial charge in [0.2, 0.25) is 3.12 Å². The molecule has 0 saturated carbocycles. The fraction of sp³-hybridized carbons (Fsp3) is 0.400. The zero-order chi connectivity index (χ0) is 13.3. The van der Waals surface area contributed by atoms with Gasteiger partial charge in [0.05, 0.1) is 5.75 Å². The van der Waals surface area contributed by atoms with Gasteiger partial charge in [-0.3, -0.25) is 0 Å². The van der Waals surface area contributed by atoms with Crippen LogP contribution in [0.15, 0.2) is 24.3 Å². The largest absolute Gasteiger partial charge is 0.399 e. The maximum Gasteiger partial charge on any atom is 0.229 e. The van der Waals surface area contributed by atoms with Crippen LogP contribution < -0.4 is 5.73 Å². The molecule has 3 N–H and O–H groups in total. The van der Waals surface area contributed by atoms with E-state index in [-0.39, 0.29) is 5.75 Å². The molecule has 0 aliphatic rings. The third kappa shape index (κ3) is 2.93. The van der Waals surface area contributed by atoms with Gasteiger partial charge < -0.3 is 10.8 Å². The van der Waals surface area contributed by atoms with E-state index in [1.807, 2.05) is 0 Å². The predicted molar refractivity (Wildman–Crippen MR) is 72.8 cm³/mol. The summed E-state index contributed by atoms with van der Waals surface area (Å²) in [6.07, 6.45) is -1.38. The lowest BCUT2D eigenvalue weighted by molar-refractivity contribution is 0.185. The maximum atomic E-state index is 11.7. The highest BCUT2D eigenvalue weighted by atomic mass is 79.9. The first kappa shape index (κ1) is 14.8. The molecule has 0 fully saturated rings. The van der Waals surface area contributed by atoms with Crippen molar-refractivity contribution >= 4 is 43.1 Å². The van der Waals surface area contributed by atoms with E-state index in [0.29, 0.717) is 11.3 Å². The number of alkyl halides is 2. The van der Waals surface area contributed by atoms with Crippen LogP contribution in [0.1, 0.15) is 18.6 Å². The highest BCUT2D eigenvalue weighted by molar-refractivity contribution is 9.12. The molecule has 0 spiro atoms. The van der Waals surface area contributed by atoms with Crippen LogP contribution in [-0.4, -0.2) is 22.4 Å². The molecule has 2 unspecified atom stereocenters. The number of hydrogen-bond donors (Lipinski definition) is 2. The number of benzene rings is 1. The molecule has 0 bridgehead atoms. The van der Waals surface area contributed by atoms with Crippen molar-refractivity contribution in [2.45, 2.75) is 16.1 Å². The molecule has 7 heteroatoms. The molecule has 4 nitrogen and oxygen atoms in total. The van der Waals surface area contributed by atoms with E-state index >= 15 is 0 Å². The van der Waals surface area contributed by atoms with Crippen molar-refractivity contribution in [1.29, 1.82) is 0 Å². The number of hydrogen-bond acceptors (Lipinski definition) is 4. The van der Waals surface area contributed by atoms with E-state index in [4.69, 9.17) is 17.3 Å². The molecule has 0 radical (unpaired) electrons. The number of anilines is 1. The second-order valence-corrected chi connectivity index (χ2v) is 9.04. The van der Waals surface area contributed by atoms with Crippen molar-refractivity contribution in [3.63, 3.8) is 0 Å². The second kappa shape index (κ2) is 5.14. The number of halogens is 2. The minimum absolute atomic E-state index is 0.173. The average Bonchev–Trinajstić information content (AvgIpc) is 2.28. The van der Waals surface area contributed by atoms with Gasteiger partial charge in [-0.15, -0.1) is 0 Å². The third-order valence-corrected chi connectivity index (χ3v) is 7.00. The van der Waals surface area contributed by atoms with Crippen molar-refractivity contribution in [3.8, 4) is 0 Å². The van der Waals surface area contributed by atoms with Gasteiger partial charge in [0.25, 0.3) is 0 Å². The van der Waals surface area contributed by atoms with E-state index in [1.165, 1.54) is 19.1 Å². The minimum atomic E-state index is -3.65. The van der Waals surface area contributed by atoms with Gasteiger partial charge in [-0.2, -0.15) is 0 Å². The molecule has 96 valence electrons. The monoisotopic (exact) mass is 341 g/mol. The number of aliphatic hydroxyl groups is 1. The molecule has 17 heavy (non-hydrogen) atoms. The molecule has 1 aromatic carbocycles. The summed E-state index contributed by atoms with van der Waals surface area (Å²) in [6.45, 7) is 1.46. The van der Waals surface area contributed by atoms with Crippen molar-refractivity contribution in [3.05, 3.63) is 29.8 Å². The molecule has 1 rings (SSSR count). The first-order valence-corrected chi connectivity index (χ1v) is 7.68. The van der Waals surface area contributed by atoms with Crippen molar-refractivity contribution in [2.75, 3.05) is 11.5 Å². The average molecular weight is 343 g/mol. The lowest BCUT2D eigenvalue weighted by Crippen LogP contribution is -2.34. The highest BCUT2D eigenvalue weighted by Gasteiger charge is 2.45. The summed E-state index contributed by atoms with van der Waals surface area (Å²) >= 11 is 8.78.